The van der Waals surface area contributed by atoms with E-state index >= 15 is 0 Å². The molecule has 0 aliphatic carbocycles. The third kappa shape index (κ3) is 3.31. The van der Waals surface area contributed by atoms with Crippen molar-refractivity contribution in [2.24, 2.45) is 0 Å². The third-order valence-corrected chi connectivity index (χ3v) is 5.86. The maximum atomic E-state index is 6.02. The molecule has 4 aromatic rings. The standard InChI is InChI=1S/C27H28N2O2/c1-26(2,3)20-13-9-16-7-11-18-22(24(16)28-20)23-19(31-15-30-18)12-8-17-10-14-21(27(4,5)6)29-25(17)23/h7-14H,15H2,1-6H3. The number of fused-ring (bicyclic) bond motifs is 7. The average molecular weight is 413 g/mol. The third-order valence-electron chi connectivity index (χ3n) is 5.86. The van der Waals surface area contributed by atoms with Gasteiger partial charge in [-0.05, 0) is 36.4 Å². The van der Waals surface area contributed by atoms with Gasteiger partial charge in [0, 0.05) is 33.0 Å². The van der Waals surface area contributed by atoms with E-state index < -0.39 is 0 Å². The van der Waals surface area contributed by atoms with Crippen LogP contribution in [-0.2, 0) is 10.8 Å². The monoisotopic (exact) mass is 412 g/mol. The molecule has 158 valence electrons. The van der Waals surface area contributed by atoms with Gasteiger partial charge in [-0.2, -0.15) is 0 Å². The van der Waals surface area contributed by atoms with E-state index in [4.69, 9.17) is 19.4 Å². The summed E-state index contributed by atoms with van der Waals surface area (Å²) in [6.07, 6.45) is 0. The van der Waals surface area contributed by atoms with Crippen LogP contribution in [0.25, 0.3) is 32.9 Å². The Bertz CT molecular complexity index is 1220. The van der Waals surface area contributed by atoms with E-state index in [2.05, 4.69) is 77.9 Å². The van der Waals surface area contributed by atoms with Crippen LogP contribution in [0.2, 0.25) is 0 Å². The van der Waals surface area contributed by atoms with Crippen molar-refractivity contribution in [2.45, 2.75) is 52.4 Å². The number of aromatic nitrogens is 2. The topological polar surface area (TPSA) is 44.2 Å². The lowest BCUT2D eigenvalue weighted by Gasteiger charge is -2.21. The molecule has 3 heterocycles. The quantitative estimate of drug-likeness (QED) is 0.319. The molecular formula is C27H28N2O2. The summed E-state index contributed by atoms with van der Waals surface area (Å²) >= 11 is 0. The molecule has 0 amide bonds. The Balaban J connectivity index is 1.92. The largest absolute Gasteiger partial charge is 0.457 e. The molecule has 0 N–H and O–H groups in total. The first-order chi connectivity index (χ1) is 14.6. The highest BCUT2D eigenvalue weighted by Gasteiger charge is 2.26. The smallest absolute Gasteiger partial charge is 0.230 e. The molecule has 31 heavy (non-hydrogen) atoms. The summed E-state index contributed by atoms with van der Waals surface area (Å²) in [5.41, 5.74) is 5.74. The van der Waals surface area contributed by atoms with Crippen LogP contribution in [0, 0.1) is 0 Å². The first-order valence-electron chi connectivity index (χ1n) is 10.8. The minimum absolute atomic E-state index is 0.0573. The Kier molecular flexibility index (Phi) is 4.27. The lowest BCUT2D eigenvalue weighted by atomic mass is 9.89. The number of nitrogens with zero attached hydrogens (tertiary/aromatic N) is 2. The van der Waals surface area contributed by atoms with Gasteiger partial charge in [-0.1, -0.05) is 53.7 Å². The number of rotatable bonds is 0. The maximum Gasteiger partial charge on any atom is 0.230 e. The van der Waals surface area contributed by atoms with E-state index in [1.165, 1.54) is 0 Å². The number of ether oxygens (including phenoxy) is 2. The van der Waals surface area contributed by atoms with Gasteiger partial charge < -0.3 is 9.47 Å². The van der Waals surface area contributed by atoms with Gasteiger partial charge in [-0.15, -0.1) is 0 Å². The molecule has 1 aliphatic heterocycles. The number of pyridine rings is 2. The number of hydrogen-bond donors (Lipinski definition) is 0. The second-order valence-corrected chi connectivity index (χ2v) is 10.3. The maximum absolute atomic E-state index is 6.02. The highest BCUT2D eigenvalue weighted by molar-refractivity contribution is 6.07. The van der Waals surface area contributed by atoms with Crippen molar-refractivity contribution in [2.75, 3.05) is 6.79 Å². The van der Waals surface area contributed by atoms with Crippen LogP contribution in [-0.4, -0.2) is 16.8 Å². The van der Waals surface area contributed by atoms with Gasteiger partial charge in [-0.25, -0.2) is 0 Å². The van der Waals surface area contributed by atoms with Gasteiger partial charge >= 0.3 is 0 Å². The summed E-state index contributed by atoms with van der Waals surface area (Å²) < 4.78 is 12.0. The predicted octanol–water partition coefficient (Wildman–Crippen LogP) is 6.77. The fourth-order valence-corrected chi connectivity index (χ4v) is 4.06. The first kappa shape index (κ1) is 19.8. The second-order valence-electron chi connectivity index (χ2n) is 10.3. The van der Waals surface area contributed by atoms with Crippen LogP contribution in [0.5, 0.6) is 11.5 Å². The molecule has 0 atom stereocenters. The molecule has 0 unspecified atom stereocenters. The Hall–Kier alpha value is -3.14. The zero-order valence-corrected chi connectivity index (χ0v) is 19.0. The molecule has 0 fully saturated rings. The minimum atomic E-state index is -0.0573. The molecular weight excluding hydrogens is 384 g/mol. The van der Waals surface area contributed by atoms with Crippen LogP contribution in [0.3, 0.4) is 0 Å². The Labute approximate surface area is 183 Å². The van der Waals surface area contributed by atoms with E-state index in [-0.39, 0.29) is 17.6 Å². The zero-order valence-electron chi connectivity index (χ0n) is 19.0. The van der Waals surface area contributed by atoms with E-state index in [9.17, 15) is 0 Å². The van der Waals surface area contributed by atoms with Crippen LogP contribution in [0.1, 0.15) is 52.9 Å². The summed E-state index contributed by atoms with van der Waals surface area (Å²) in [7, 11) is 0. The molecule has 2 aromatic carbocycles. The fourth-order valence-electron chi connectivity index (χ4n) is 4.06. The van der Waals surface area contributed by atoms with Gasteiger partial charge in [0.25, 0.3) is 0 Å². The first-order valence-corrected chi connectivity index (χ1v) is 10.8. The summed E-state index contributed by atoms with van der Waals surface area (Å²) in [6, 6.07) is 16.7. The van der Waals surface area contributed by atoms with Crippen molar-refractivity contribution in [3.05, 3.63) is 59.9 Å². The molecule has 0 spiro atoms. The lowest BCUT2D eigenvalue weighted by Crippen LogP contribution is -2.13. The van der Waals surface area contributed by atoms with Crippen molar-refractivity contribution < 1.29 is 9.47 Å². The van der Waals surface area contributed by atoms with E-state index in [1.54, 1.807) is 0 Å². The van der Waals surface area contributed by atoms with Gasteiger partial charge in [-0.3, -0.25) is 9.97 Å². The van der Waals surface area contributed by atoms with Crippen molar-refractivity contribution in [1.82, 2.24) is 9.97 Å². The van der Waals surface area contributed by atoms with Gasteiger partial charge in [0.15, 0.2) is 0 Å². The van der Waals surface area contributed by atoms with Gasteiger partial charge in [0.05, 0.1) is 22.2 Å². The molecule has 4 nitrogen and oxygen atoms in total. The molecule has 1 aliphatic rings. The molecule has 5 rings (SSSR count). The minimum Gasteiger partial charge on any atom is -0.457 e. The summed E-state index contributed by atoms with van der Waals surface area (Å²) in [5, 5.41) is 2.15. The number of hydrogen-bond acceptors (Lipinski definition) is 4. The van der Waals surface area contributed by atoms with Crippen molar-refractivity contribution in [3.63, 3.8) is 0 Å². The summed E-state index contributed by atoms with van der Waals surface area (Å²) in [6.45, 7) is 13.3. The highest BCUT2D eigenvalue weighted by Crippen LogP contribution is 2.46. The molecule has 2 aromatic heterocycles. The highest BCUT2D eigenvalue weighted by atomic mass is 16.7. The van der Waals surface area contributed by atoms with Crippen molar-refractivity contribution in [3.8, 4) is 22.6 Å². The van der Waals surface area contributed by atoms with Crippen molar-refractivity contribution >= 4 is 21.8 Å². The summed E-state index contributed by atoms with van der Waals surface area (Å²) in [5.74, 6) is 1.56. The van der Waals surface area contributed by atoms with Crippen LogP contribution < -0.4 is 9.47 Å². The summed E-state index contributed by atoms with van der Waals surface area (Å²) in [4.78, 5) is 10.2. The molecule has 0 saturated heterocycles. The normalized spacial score (nSPS) is 13.9. The molecule has 0 radical (unpaired) electrons. The van der Waals surface area contributed by atoms with Gasteiger partial charge in [0.1, 0.15) is 11.5 Å². The van der Waals surface area contributed by atoms with Crippen LogP contribution >= 0.6 is 0 Å². The SMILES string of the molecule is CC(C)(C)c1ccc2ccc3c(c2n1)-c1c(ccc2ccc(C(C)(C)C)nc12)OCO3. The second kappa shape index (κ2) is 6.68. The number of benzene rings is 2. The molecule has 0 bridgehead atoms. The fraction of sp³-hybridized carbons (Fsp3) is 0.333. The zero-order chi connectivity index (χ0) is 22.0. The van der Waals surface area contributed by atoms with Crippen LogP contribution in [0.4, 0.5) is 0 Å². The van der Waals surface area contributed by atoms with Crippen molar-refractivity contribution in [1.29, 1.82) is 0 Å². The average Bonchev–Trinajstić information content (AvgIpc) is 2.91. The Morgan fingerprint density at radius 3 is 1.35 bits per heavy atom. The Morgan fingerprint density at radius 1 is 0.581 bits per heavy atom. The van der Waals surface area contributed by atoms with E-state index in [0.29, 0.717) is 0 Å². The lowest BCUT2D eigenvalue weighted by molar-refractivity contribution is 0.125. The Morgan fingerprint density at radius 2 is 0.968 bits per heavy atom. The van der Waals surface area contributed by atoms with E-state index in [0.717, 1.165) is 55.8 Å². The van der Waals surface area contributed by atoms with Crippen LogP contribution in [0.15, 0.2) is 48.5 Å². The predicted molar refractivity (Wildman–Crippen MR) is 126 cm³/mol. The van der Waals surface area contributed by atoms with Gasteiger partial charge in [0.2, 0.25) is 6.79 Å². The molecule has 0 saturated carbocycles. The molecule has 4 heteroatoms. The van der Waals surface area contributed by atoms with E-state index in [1.807, 2.05) is 12.1 Å².